The Balaban J connectivity index is 0.000000686. The molecule has 0 unspecified atom stereocenters. The van der Waals surface area contributed by atoms with Crippen LogP contribution in [0.5, 0.6) is 5.75 Å². The molecule has 0 heterocycles. The van der Waals surface area contributed by atoms with E-state index in [1.54, 1.807) is 6.07 Å². The van der Waals surface area contributed by atoms with E-state index in [0.717, 1.165) is 11.3 Å². The molecule has 0 radical (unpaired) electrons. The summed E-state index contributed by atoms with van der Waals surface area (Å²) < 4.78 is 5.57. The van der Waals surface area contributed by atoms with Gasteiger partial charge in [-0.15, -0.1) is 5.56 Å². The van der Waals surface area contributed by atoms with Crippen molar-refractivity contribution in [2.75, 3.05) is 0 Å². The fourth-order valence-corrected chi connectivity index (χ4v) is 1.42. The Morgan fingerprint density at radius 3 is 2.71 bits per heavy atom. The number of rotatable bonds is 3. The molecule has 4 heteroatoms. The maximum absolute atomic E-state index is 5.84. The Morgan fingerprint density at radius 1 is 1.24 bits per heavy atom. The second-order valence-corrected chi connectivity index (χ2v) is 3.59. The first-order valence-electron chi connectivity index (χ1n) is 4.95. The molecule has 1 nitrogen and oxygen atoms in total. The Labute approximate surface area is 123 Å². The molecule has 2 aromatic rings. The second-order valence-electron chi connectivity index (χ2n) is 3.16. The van der Waals surface area contributed by atoms with Gasteiger partial charge < -0.3 is 4.74 Å². The van der Waals surface area contributed by atoms with E-state index in [9.17, 15) is 0 Å². The molecule has 0 aromatic heterocycles. The SMILES string of the molecule is Clc1cccc(OCc2c[c-]ccc2)c1.[Zn+][Br]. The average molecular weight is 363 g/mol. The number of hydrogen-bond donors (Lipinski definition) is 0. The number of hydrogen-bond acceptors (Lipinski definition) is 1. The van der Waals surface area contributed by atoms with E-state index in [4.69, 9.17) is 16.3 Å². The van der Waals surface area contributed by atoms with Gasteiger partial charge in [0.15, 0.2) is 0 Å². The van der Waals surface area contributed by atoms with Gasteiger partial charge in [-0.05, 0) is 18.2 Å². The van der Waals surface area contributed by atoms with E-state index >= 15 is 0 Å². The summed E-state index contributed by atoms with van der Waals surface area (Å²) in [6.45, 7) is 0.539. The molecule has 0 fully saturated rings. The van der Waals surface area contributed by atoms with Crippen molar-refractivity contribution in [2.24, 2.45) is 0 Å². The molecule has 84 valence electrons. The van der Waals surface area contributed by atoms with Crippen LogP contribution in [-0.2, 0) is 22.9 Å². The predicted octanol–water partition coefficient (Wildman–Crippen LogP) is 4.56. The summed E-state index contributed by atoms with van der Waals surface area (Å²) in [5.41, 5.74) is 1.09. The zero-order chi connectivity index (χ0) is 12.5. The first kappa shape index (κ1) is 14.7. The maximum atomic E-state index is 5.84. The second kappa shape index (κ2) is 8.68. The summed E-state index contributed by atoms with van der Waals surface area (Å²) in [5.74, 6) is 0.784. The summed E-state index contributed by atoms with van der Waals surface area (Å²) >= 11 is 10.1. The van der Waals surface area contributed by atoms with E-state index in [1.807, 2.05) is 42.5 Å². The molecule has 0 saturated heterocycles. The summed E-state index contributed by atoms with van der Waals surface area (Å²) in [7, 11) is 0. The number of halogens is 2. The van der Waals surface area contributed by atoms with Gasteiger partial charge in [0.05, 0.1) is 6.61 Å². The zero-order valence-electron chi connectivity index (χ0n) is 9.20. The quantitative estimate of drug-likeness (QED) is 0.574. The minimum atomic E-state index is 0.539. The van der Waals surface area contributed by atoms with Crippen molar-refractivity contribution in [3.8, 4) is 5.75 Å². The van der Waals surface area contributed by atoms with Crippen molar-refractivity contribution in [2.45, 2.75) is 6.61 Å². The summed E-state index contributed by atoms with van der Waals surface area (Å²) in [5, 5.41) is 0.687. The normalized spacial score (nSPS) is 9.18. The predicted molar refractivity (Wildman–Crippen MR) is 70.0 cm³/mol. The first-order chi connectivity index (χ1) is 8.34. The first-order valence-corrected chi connectivity index (χ1v) is 12.3. The molecule has 0 aliphatic carbocycles. The summed E-state index contributed by atoms with van der Waals surface area (Å²) in [6, 6.07) is 18.1. The van der Waals surface area contributed by atoms with E-state index in [2.05, 4.69) is 19.7 Å². The molecule has 0 aliphatic rings. The van der Waals surface area contributed by atoms with Crippen LogP contribution in [-0.4, -0.2) is 0 Å². The van der Waals surface area contributed by atoms with E-state index in [1.165, 1.54) is 16.3 Å². The van der Waals surface area contributed by atoms with Gasteiger partial charge in [0.25, 0.3) is 0 Å². The van der Waals surface area contributed by atoms with Gasteiger partial charge in [-0.1, -0.05) is 17.7 Å². The Morgan fingerprint density at radius 2 is 2.06 bits per heavy atom. The summed E-state index contributed by atoms with van der Waals surface area (Å²) in [6.07, 6.45) is 0. The Hall–Kier alpha value is -0.367. The van der Waals surface area contributed by atoms with E-state index in [0.29, 0.717) is 11.6 Å². The molecule has 0 spiro atoms. The van der Waals surface area contributed by atoms with Gasteiger partial charge in [-0.25, -0.2) is 0 Å². The molecule has 0 atom stereocenters. The average Bonchev–Trinajstić information content (AvgIpc) is 2.40. The standard InChI is InChI=1S/C13H10ClO.BrH.Zn/c14-12-7-4-8-13(9-12)15-10-11-5-2-1-3-6-11;;/h1-2,4-9H,10H2;1H;/q-1;;+2/p-1. The topological polar surface area (TPSA) is 9.23 Å². The molecule has 0 saturated carbocycles. The van der Waals surface area contributed by atoms with Gasteiger partial charge in [0.2, 0.25) is 0 Å². The third-order valence-corrected chi connectivity index (χ3v) is 2.21. The van der Waals surface area contributed by atoms with Gasteiger partial charge >= 0.3 is 30.0 Å². The van der Waals surface area contributed by atoms with Crippen LogP contribution in [0.25, 0.3) is 0 Å². The van der Waals surface area contributed by atoms with Crippen LogP contribution >= 0.6 is 25.2 Å². The van der Waals surface area contributed by atoms with Crippen LogP contribution in [0.15, 0.2) is 48.5 Å². The van der Waals surface area contributed by atoms with E-state index < -0.39 is 0 Å². The molecule has 0 N–H and O–H groups in total. The van der Waals surface area contributed by atoms with Crippen molar-refractivity contribution in [3.05, 3.63) is 65.2 Å². The van der Waals surface area contributed by atoms with Crippen LogP contribution in [0, 0.1) is 6.07 Å². The molecular weight excluding hydrogens is 353 g/mol. The van der Waals surface area contributed by atoms with Crippen LogP contribution < -0.4 is 4.74 Å². The monoisotopic (exact) mass is 360 g/mol. The Bertz CT molecular complexity index is 436. The zero-order valence-corrected chi connectivity index (χ0v) is 14.5. The van der Waals surface area contributed by atoms with Gasteiger partial charge in [0, 0.05) is 5.02 Å². The molecule has 0 amide bonds. The molecule has 0 aliphatic heterocycles. The van der Waals surface area contributed by atoms with Crippen LogP contribution in [0.3, 0.4) is 0 Å². The van der Waals surface area contributed by atoms with Crippen molar-refractivity contribution in [1.29, 1.82) is 0 Å². The van der Waals surface area contributed by atoms with E-state index in [-0.39, 0.29) is 0 Å². The Kier molecular flexibility index (Phi) is 7.51. The van der Waals surface area contributed by atoms with Crippen molar-refractivity contribution in [3.63, 3.8) is 0 Å². The minimum absolute atomic E-state index is 0.539. The summed E-state index contributed by atoms with van der Waals surface area (Å²) in [4.78, 5) is 0. The van der Waals surface area contributed by atoms with Crippen LogP contribution in [0.4, 0.5) is 0 Å². The van der Waals surface area contributed by atoms with Crippen molar-refractivity contribution >= 4 is 25.2 Å². The van der Waals surface area contributed by atoms with Crippen LogP contribution in [0.1, 0.15) is 5.56 Å². The third kappa shape index (κ3) is 5.67. The third-order valence-electron chi connectivity index (χ3n) is 1.97. The molecular formula is C13H10BrClOZn. The number of benzene rings is 2. The molecule has 2 rings (SSSR count). The molecule has 0 bridgehead atoms. The fourth-order valence-electron chi connectivity index (χ4n) is 1.24. The fraction of sp³-hybridized carbons (Fsp3) is 0.0769. The molecule has 2 aromatic carbocycles. The molecule has 17 heavy (non-hydrogen) atoms. The van der Waals surface area contributed by atoms with Crippen molar-refractivity contribution < 1.29 is 21.1 Å². The van der Waals surface area contributed by atoms with Gasteiger partial charge in [0.1, 0.15) is 5.75 Å². The van der Waals surface area contributed by atoms with Gasteiger partial charge in [-0.2, -0.15) is 30.3 Å². The van der Waals surface area contributed by atoms with Crippen LogP contribution in [0.2, 0.25) is 5.02 Å². The number of ether oxygens (including phenoxy) is 1. The van der Waals surface area contributed by atoms with Crippen molar-refractivity contribution in [1.82, 2.24) is 0 Å². The van der Waals surface area contributed by atoms with Gasteiger partial charge in [-0.3, -0.25) is 0 Å².